The highest BCUT2D eigenvalue weighted by Gasteiger charge is 2.27. The van der Waals surface area contributed by atoms with Crippen LogP contribution in [0.4, 0.5) is 0 Å². The third-order valence-electron chi connectivity index (χ3n) is 4.78. The number of likely N-dealkylation sites (tertiary alicyclic amines) is 1. The van der Waals surface area contributed by atoms with E-state index < -0.39 is 0 Å². The Balaban J connectivity index is 1.61. The number of aryl methyl sites for hydroxylation is 1. The summed E-state index contributed by atoms with van der Waals surface area (Å²) < 4.78 is 1.43. The van der Waals surface area contributed by atoms with Gasteiger partial charge in [0, 0.05) is 44.0 Å². The number of aromatic amines is 1. The van der Waals surface area contributed by atoms with Gasteiger partial charge in [-0.2, -0.15) is 0 Å². The lowest BCUT2D eigenvalue weighted by atomic mass is 9.96. The van der Waals surface area contributed by atoms with Crippen LogP contribution in [0.25, 0.3) is 10.9 Å². The van der Waals surface area contributed by atoms with Gasteiger partial charge in [-0.3, -0.25) is 9.59 Å². The van der Waals surface area contributed by atoms with Crippen molar-refractivity contribution < 1.29 is 4.79 Å². The fraction of sp³-hybridized carbons (Fsp3) is 0.333. The summed E-state index contributed by atoms with van der Waals surface area (Å²) in [6.45, 7) is 1.38. The SMILES string of the molecule is Cn1cnc2cc(C(=O)N3CCC[C@H](c4ncc[nH]4)C3)ccc2c1=O. The van der Waals surface area contributed by atoms with Crippen molar-refractivity contribution in [2.45, 2.75) is 18.8 Å². The number of H-pyrrole nitrogens is 1. The van der Waals surface area contributed by atoms with Gasteiger partial charge in [0.25, 0.3) is 11.5 Å². The van der Waals surface area contributed by atoms with Crippen molar-refractivity contribution in [3.05, 3.63) is 58.7 Å². The average molecular weight is 337 g/mol. The number of hydrogen-bond donors (Lipinski definition) is 1. The van der Waals surface area contributed by atoms with Gasteiger partial charge < -0.3 is 14.5 Å². The van der Waals surface area contributed by atoms with Gasteiger partial charge in [0.05, 0.1) is 17.2 Å². The van der Waals surface area contributed by atoms with Gasteiger partial charge >= 0.3 is 0 Å². The molecule has 25 heavy (non-hydrogen) atoms. The number of imidazole rings is 1. The highest BCUT2D eigenvalue weighted by molar-refractivity contribution is 5.97. The maximum absolute atomic E-state index is 12.9. The van der Waals surface area contributed by atoms with Gasteiger partial charge in [-0.25, -0.2) is 9.97 Å². The number of carbonyl (C=O) groups is 1. The van der Waals surface area contributed by atoms with Crippen LogP contribution in [0.5, 0.6) is 0 Å². The van der Waals surface area contributed by atoms with Crippen molar-refractivity contribution in [1.29, 1.82) is 0 Å². The third-order valence-corrected chi connectivity index (χ3v) is 4.78. The number of piperidine rings is 1. The van der Waals surface area contributed by atoms with Crippen molar-refractivity contribution >= 4 is 16.8 Å². The van der Waals surface area contributed by atoms with Gasteiger partial charge in [-0.1, -0.05) is 0 Å². The van der Waals surface area contributed by atoms with Gasteiger partial charge in [0.1, 0.15) is 5.82 Å². The summed E-state index contributed by atoms with van der Waals surface area (Å²) in [5.41, 5.74) is 1.00. The molecule has 1 atom stereocenters. The van der Waals surface area contributed by atoms with Crippen LogP contribution >= 0.6 is 0 Å². The number of benzene rings is 1. The zero-order valence-electron chi connectivity index (χ0n) is 14.0. The molecule has 1 aliphatic rings. The molecule has 7 heteroatoms. The van der Waals surface area contributed by atoms with E-state index in [9.17, 15) is 9.59 Å². The molecule has 1 N–H and O–H groups in total. The van der Waals surface area contributed by atoms with Crippen LogP contribution in [0.2, 0.25) is 0 Å². The van der Waals surface area contributed by atoms with Crippen molar-refractivity contribution in [3.63, 3.8) is 0 Å². The number of aromatic nitrogens is 4. The van der Waals surface area contributed by atoms with E-state index in [1.54, 1.807) is 31.4 Å². The van der Waals surface area contributed by atoms with Crippen LogP contribution in [0.15, 0.2) is 41.7 Å². The standard InChI is InChI=1S/C18H19N5O2/c1-22-11-21-15-9-12(4-5-14(15)18(22)25)17(24)23-8-2-3-13(10-23)16-19-6-7-20-16/h4-7,9,11,13H,2-3,8,10H2,1H3,(H,19,20)/t13-/m0/s1. The normalized spacial score (nSPS) is 17.8. The molecule has 3 heterocycles. The second kappa shape index (κ2) is 6.16. The van der Waals surface area contributed by atoms with Crippen molar-refractivity contribution in [1.82, 2.24) is 24.4 Å². The zero-order valence-corrected chi connectivity index (χ0v) is 14.0. The molecule has 4 rings (SSSR count). The largest absolute Gasteiger partial charge is 0.348 e. The summed E-state index contributed by atoms with van der Waals surface area (Å²) in [4.78, 5) is 38.6. The Hall–Kier alpha value is -2.96. The molecule has 0 bridgehead atoms. The smallest absolute Gasteiger partial charge is 0.260 e. The molecule has 1 aliphatic heterocycles. The number of nitrogens with one attached hydrogen (secondary N) is 1. The minimum absolute atomic E-state index is 0.0272. The average Bonchev–Trinajstić information content (AvgIpc) is 3.19. The Bertz CT molecular complexity index is 977. The first-order valence-electron chi connectivity index (χ1n) is 8.37. The Morgan fingerprint density at radius 2 is 2.20 bits per heavy atom. The Kier molecular flexibility index (Phi) is 3.83. The highest BCUT2D eigenvalue weighted by atomic mass is 16.2. The number of amides is 1. The molecule has 0 unspecified atom stereocenters. The van der Waals surface area contributed by atoms with Crippen LogP contribution in [0.1, 0.15) is 34.9 Å². The van der Waals surface area contributed by atoms with Crippen LogP contribution in [0, 0.1) is 0 Å². The van der Waals surface area contributed by atoms with Gasteiger partial charge in [-0.05, 0) is 31.0 Å². The van der Waals surface area contributed by atoms with E-state index in [-0.39, 0.29) is 17.4 Å². The van der Waals surface area contributed by atoms with Crippen LogP contribution < -0.4 is 5.56 Å². The lowest BCUT2D eigenvalue weighted by molar-refractivity contribution is 0.0705. The molecule has 7 nitrogen and oxygen atoms in total. The molecule has 0 radical (unpaired) electrons. The number of nitrogens with zero attached hydrogens (tertiary/aromatic N) is 4. The fourth-order valence-electron chi connectivity index (χ4n) is 3.41. The predicted octanol–water partition coefficient (Wildman–Crippen LogP) is 1.68. The number of hydrogen-bond acceptors (Lipinski definition) is 4. The number of rotatable bonds is 2. The van der Waals surface area contributed by atoms with Crippen LogP contribution in [-0.4, -0.2) is 43.4 Å². The number of carbonyl (C=O) groups excluding carboxylic acids is 1. The summed E-state index contributed by atoms with van der Waals surface area (Å²) in [5.74, 6) is 1.14. The van der Waals surface area contributed by atoms with E-state index in [0.29, 0.717) is 23.0 Å². The molecule has 3 aromatic rings. The first-order valence-corrected chi connectivity index (χ1v) is 8.37. The second-order valence-electron chi connectivity index (χ2n) is 6.46. The molecule has 0 aliphatic carbocycles. The summed E-state index contributed by atoms with van der Waals surface area (Å²) in [6.07, 6.45) is 7.00. The van der Waals surface area contributed by atoms with E-state index in [4.69, 9.17) is 0 Å². The summed E-state index contributed by atoms with van der Waals surface area (Å²) in [5, 5.41) is 0.522. The molecular formula is C18H19N5O2. The van der Waals surface area contributed by atoms with E-state index in [1.165, 1.54) is 10.9 Å². The summed E-state index contributed by atoms with van der Waals surface area (Å²) >= 11 is 0. The first-order chi connectivity index (χ1) is 12.1. The first kappa shape index (κ1) is 15.6. The van der Waals surface area contributed by atoms with Crippen LogP contribution in [0.3, 0.4) is 0 Å². The molecule has 1 aromatic carbocycles. The Labute approximate surface area is 144 Å². The topological polar surface area (TPSA) is 83.9 Å². The molecule has 1 saturated heterocycles. The maximum Gasteiger partial charge on any atom is 0.260 e. The van der Waals surface area contributed by atoms with E-state index in [1.807, 2.05) is 11.1 Å². The van der Waals surface area contributed by atoms with Crippen LogP contribution in [-0.2, 0) is 7.05 Å². The monoisotopic (exact) mass is 337 g/mol. The van der Waals surface area contributed by atoms with E-state index in [2.05, 4.69) is 15.0 Å². The Morgan fingerprint density at radius 3 is 3.00 bits per heavy atom. The molecule has 128 valence electrons. The minimum atomic E-state index is -0.111. The quantitative estimate of drug-likeness (QED) is 0.771. The van der Waals surface area contributed by atoms with Crippen molar-refractivity contribution in [2.24, 2.45) is 7.05 Å². The molecule has 1 fully saturated rings. The van der Waals surface area contributed by atoms with Crippen molar-refractivity contribution in [2.75, 3.05) is 13.1 Å². The molecule has 1 amide bonds. The number of fused-ring (bicyclic) bond motifs is 1. The summed E-state index contributed by atoms with van der Waals surface area (Å²) in [6, 6.07) is 5.10. The predicted molar refractivity (Wildman–Crippen MR) is 93.5 cm³/mol. The fourth-order valence-corrected chi connectivity index (χ4v) is 3.41. The minimum Gasteiger partial charge on any atom is -0.348 e. The van der Waals surface area contributed by atoms with E-state index in [0.717, 1.165) is 25.2 Å². The lowest BCUT2D eigenvalue weighted by Gasteiger charge is -2.32. The molecule has 2 aromatic heterocycles. The van der Waals surface area contributed by atoms with E-state index >= 15 is 0 Å². The van der Waals surface area contributed by atoms with Gasteiger partial charge in [-0.15, -0.1) is 0 Å². The second-order valence-corrected chi connectivity index (χ2v) is 6.46. The highest BCUT2D eigenvalue weighted by Crippen LogP contribution is 2.25. The molecular weight excluding hydrogens is 318 g/mol. The Morgan fingerprint density at radius 1 is 1.32 bits per heavy atom. The van der Waals surface area contributed by atoms with Crippen molar-refractivity contribution in [3.8, 4) is 0 Å². The van der Waals surface area contributed by atoms with Gasteiger partial charge in [0.15, 0.2) is 0 Å². The molecule has 0 saturated carbocycles. The third kappa shape index (κ3) is 2.82. The molecule has 0 spiro atoms. The zero-order chi connectivity index (χ0) is 17.4. The maximum atomic E-state index is 12.9. The van der Waals surface area contributed by atoms with Gasteiger partial charge in [0.2, 0.25) is 0 Å². The summed E-state index contributed by atoms with van der Waals surface area (Å²) in [7, 11) is 1.66. The lowest BCUT2D eigenvalue weighted by Crippen LogP contribution is -2.39.